The van der Waals surface area contributed by atoms with Gasteiger partial charge in [0.1, 0.15) is 5.82 Å². The van der Waals surface area contributed by atoms with E-state index in [2.05, 4.69) is 10.2 Å². The highest BCUT2D eigenvalue weighted by Crippen LogP contribution is 2.19. The predicted octanol–water partition coefficient (Wildman–Crippen LogP) is 3.90. The second-order valence-corrected chi connectivity index (χ2v) is 6.93. The second kappa shape index (κ2) is 8.36. The minimum absolute atomic E-state index is 0.0661. The maximum absolute atomic E-state index is 13.3. The zero-order valence-corrected chi connectivity index (χ0v) is 15.1. The number of nitrogens with zero attached hydrogens (tertiary/aromatic N) is 2. The first-order valence-corrected chi connectivity index (χ1v) is 9.53. The minimum Gasteiger partial charge on any atom is -0.322 e. The fourth-order valence-corrected chi connectivity index (χ4v) is 3.37. The molecule has 3 rings (SSSR count). The average Bonchev–Trinajstić information content (AvgIpc) is 2.62. The minimum atomic E-state index is -0.206. The Morgan fingerprint density at radius 1 is 1.12 bits per heavy atom. The van der Waals surface area contributed by atoms with Crippen LogP contribution in [-0.2, 0) is 6.54 Å². The molecule has 1 N–H and O–H groups in total. The number of piperazine rings is 1. The largest absolute Gasteiger partial charge is 0.322 e. The van der Waals surface area contributed by atoms with Crippen molar-refractivity contribution in [3.05, 3.63) is 59.9 Å². The normalized spacial score (nSPS) is 15.2. The Kier molecular flexibility index (Phi) is 5.94. The van der Waals surface area contributed by atoms with Gasteiger partial charge in [-0.15, -0.1) is 11.8 Å². The van der Waals surface area contributed by atoms with Gasteiger partial charge in [-0.2, -0.15) is 0 Å². The third kappa shape index (κ3) is 4.96. The lowest BCUT2D eigenvalue weighted by Gasteiger charge is -2.34. The average molecular weight is 359 g/mol. The van der Waals surface area contributed by atoms with E-state index in [0.29, 0.717) is 19.6 Å². The first-order chi connectivity index (χ1) is 12.1. The Morgan fingerprint density at radius 3 is 2.60 bits per heavy atom. The van der Waals surface area contributed by atoms with Crippen LogP contribution in [0.5, 0.6) is 0 Å². The fourth-order valence-electron chi connectivity index (χ4n) is 2.91. The zero-order valence-electron chi connectivity index (χ0n) is 14.2. The van der Waals surface area contributed by atoms with Gasteiger partial charge in [-0.1, -0.05) is 18.2 Å². The molecule has 132 valence electrons. The molecular formula is C19H22FN3OS. The summed E-state index contributed by atoms with van der Waals surface area (Å²) >= 11 is 1.65. The second-order valence-electron chi connectivity index (χ2n) is 6.06. The Hall–Kier alpha value is -2.05. The van der Waals surface area contributed by atoms with Crippen LogP contribution >= 0.6 is 11.8 Å². The molecule has 2 aromatic rings. The molecule has 4 nitrogen and oxygen atoms in total. The number of rotatable bonds is 4. The van der Waals surface area contributed by atoms with E-state index in [9.17, 15) is 9.18 Å². The van der Waals surface area contributed by atoms with Crippen LogP contribution in [0.15, 0.2) is 53.4 Å². The Balaban J connectivity index is 1.50. The lowest BCUT2D eigenvalue weighted by molar-refractivity contribution is 0.143. The number of thioether (sulfide) groups is 1. The first kappa shape index (κ1) is 17.8. The molecule has 1 aliphatic rings. The summed E-state index contributed by atoms with van der Waals surface area (Å²) in [5, 5.41) is 2.96. The van der Waals surface area contributed by atoms with Crippen LogP contribution in [0.1, 0.15) is 5.56 Å². The van der Waals surface area contributed by atoms with Gasteiger partial charge in [0.25, 0.3) is 0 Å². The smallest absolute Gasteiger partial charge is 0.321 e. The summed E-state index contributed by atoms with van der Waals surface area (Å²) in [4.78, 5) is 17.6. The van der Waals surface area contributed by atoms with Crippen LogP contribution in [0.25, 0.3) is 0 Å². The lowest BCUT2D eigenvalue weighted by Crippen LogP contribution is -2.49. The molecular weight excluding hydrogens is 337 g/mol. The number of carbonyl (C=O) groups is 1. The van der Waals surface area contributed by atoms with Gasteiger partial charge in [0.15, 0.2) is 0 Å². The summed E-state index contributed by atoms with van der Waals surface area (Å²) in [6.07, 6.45) is 2.01. The molecule has 2 amide bonds. The number of nitrogens with one attached hydrogen (secondary N) is 1. The van der Waals surface area contributed by atoms with Crippen LogP contribution < -0.4 is 5.32 Å². The molecule has 1 saturated heterocycles. The van der Waals surface area contributed by atoms with Crippen molar-refractivity contribution in [3.8, 4) is 0 Å². The summed E-state index contributed by atoms with van der Waals surface area (Å²) in [5.74, 6) is -0.206. The summed E-state index contributed by atoms with van der Waals surface area (Å²) in [5.41, 5.74) is 1.78. The van der Waals surface area contributed by atoms with Crippen molar-refractivity contribution in [1.29, 1.82) is 0 Å². The van der Waals surface area contributed by atoms with Crippen LogP contribution in [0.4, 0.5) is 14.9 Å². The Morgan fingerprint density at radius 2 is 1.88 bits per heavy atom. The van der Waals surface area contributed by atoms with Crippen molar-refractivity contribution >= 4 is 23.5 Å². The molecule has 1 fully saturated rings. The van der Waals surface area contributed by atoms with E-state index in [4.69, 9.17) is 0 Å². The molecule has 1 aliphatic heterocycles. The summed E-state index contributed by atoms with van der Waals surface area (Å²) < 4.78 is 13.3. The van der Waals surface area contributed by atoms with Crippen LogP contribution in [0.3, 0.4) is 0 Å². The van der Waals surface area contributed by atoms with Gasteiger partial charge in [-0.3, -0.25) is 4.90 Å². The molecule has 25 heavy (non-hydrogen) atoms. The number of benzene rings is 2. The van der Waals surface area contributed by atoms with Gasteiger partial charge in [0.05, 0.1) is 0 Å². The maximum Gasteiger partial charge on any atom is 0.321 e. The van der Waals surface area contributed by atoms with Crippen molar-refractivity contribution in [2.75, 3.05) is 37.8 Å². The monoisotopic (exact) mass is 359 g/mol. The van der Waals surface area contributed by atoms with E-state index in [0.717, 1.165) is 29.2 Å². The van der Waals surface area contributed by atoms with E-state index in [-0.39, 0.29) is 11.8 Å². The third-order valence-electron chi connectivity index (χ3n) is 4.28. The van der Waals surface area contributed by atoms with Gasteiger partial charge in [0.2, 0.25) is 0 Å². The van der Waals surface area contributed by atoms with E-state index in [1.165, 1.54) is 6.07 Å². The fraction of sp³-hybridized carbons (Fsp3) is 0.316. The number of hydrogen-bond donors (Lipinski definition) is 1. The SMILES string of the molecule is CSc1cccc(NC(=O)N2CCN(Cc3cccc(F)c3)CC2)c1. The molecule has 0 aliphatic carbocycles. The van der Waals surface area contributed by atoms with Crippen molar-refractivity contribution in [1.82, 2.24) is 9.80 Å². The van der Waals surface area contributed by atoms with Gasteiger partial charge >= 0.3 is 6.03 Å². The number of halogens is 1. The van der Waals surface area contributed by atoms with E-state index in [1.54, 1.807) is 23.9 Å². The topological polar surface area (TPSA) is 35.6 Å². The highest BCUT2D eigenvalue weighted by Gasteiger charge is 2.21. The Labute approximate surface area is 152 Å². The Bertz CT molecular complexity index is 732. The number of urea groups is 1. The maximum atomic E-state index is 13.3. The number of amides is 2. The molecule has 0 aromatic heterocycles. The molecule has 0 unspecified atom stereocenters. The van der Waals surface area contributed by atoms with Crippen LogP contribution in [0.2, 0.25) is 0 Å². The molecule has 0 atom stereocenters. The summed E-state index contributed by atoms with van der Waals surface area (Å²) in [6, 6.07) is 14.5. The zero-order chi connectivity index (χ0) is 17.6. The van der Waals surface area contributed by atoms with Gasteiger partial charge < -0.3 is 10.2 Å². The predicted molar refractivity (Wildman–Crippen MR) is 100 cm³/mol. The van der Waals surface area contributed by atoms with E-state index >= 15 is 0 Å². The highest BCUT2D eigenvalue weighted by atomic mass is 32.2. The summed E-state index contributed by atoms with van der Waals surface area (Å²) in [6.45, 7) is 3.62. The van der Waals surface area contributed by atoms with Crippen LogP contribution in [-0.4, -0.2) is 48.3 Å². The van der Waals surface area contributed by atoms with Crippen molar-refractivity contribution in [2.24, 2.45) is 0 Å². The quantitative estimate of drug-likeness (QED) is 0.841. The molecule has 0 radical (unpaired) electrons. The summed E-state index contributed by atoms with van der Waals surface area (Å²) in [7, 11) is 0. The third-order valence-corrected chi connectivity index (χ3v) is 5.00. The van der Waals surface area contributed by atoms with Crippen LogP contribution in [0, 0.1) is 5.82 Å². The van der Waals surface area contributed by atoms with Crippen molar-refractivity contribution < 1.29 is 9.18 Å². The molecule has 0 spiro atoms. The van der Waals surface area contributed by atoms with Gasteiger partial charge in [-0.05, 0) is 42.2 Å². The number of carbonyl (C=O) groups excluding carboxylic acids is 1. The van der Waals surface area contributed by atoms with Crippen molar-refractivity contribution in [3.63, 3.8) is 0 Å². The first-order valence-electron chi connectivity index (χ1n) is 8.31. The molecule has 1 heterocycles. The highest BCUT2D eigenvalue weighted by molar-refractivity contribution is 7.98. The van der Waals surface area contributed by atoms with E-state index in [1.807, 2.05) is 41.5 Å². The number of hydrogen-bond acceptors (Lipinski definition) is 3. The van der Waals surface area contributed by atoms with Crippen molar-refractivity contribution in [2.45, 2.75) is 11.4 Å². The number of anilines is 1. The molecule has 6 heteroatoms. The van der Waals surface area contributed by atoms with Gasteiger partial charge in [0, 0.05) is 43.3 Å². The van der Waals surface area contributed by atoms with Gasteiger partial charge in [-0.25, -0.2) is 9.18 Å². The standard InChI is InChI=1S/C19H22FN3OS/c1-25-18-7-3-6-17(13-18)21-19(24)23-10-8-22(9-11-23)14-15-4-2-5-16(20)12-15/h2-7,12-13H,8-11,14H2,1H3,(H,21,24). The molecule has 0 saturated carbocycles. The lowest BCUT2D eigenvalue weighted by atomic mass is 10.2. The molecule has 2 aromatic carbocycles. The van der Waals surface area contributed by atoms with E-state index < -0.39 is 0 Å². The molecule has 0 bridgehead atoms.